The highest BCUT2D eigenvalue weighted by molar-refractivity contribution is 7.10. The van der Waals surface area contributed by atoms with Crippen LogP contribution in [0.4, 0.5) is 5.82 Å². The van der Waals surface area contributed by atoms with E-state index < -0.39 is 0 Å². The first-order valence-corrected chi connectivity index (χ1v) is 38.1. The molecule has 2 aromatic carbocycles. The van der Waals surface area contributed by atoms with Crippen LogP contribution < -0.4 is 14.4 Å². The molecule has 0 bridgehead atoms. The molecule has 546 valence electrons. The van der Waals surface area contributed by atoms with Crippen LogP contribution >= 0.6 is 45.3 Å². The number of hydrogen-bond acceptors (Lipinski definition) is 16. The minimum Gasteiger partial charge on any atom is -0.496 e. The molecule has 2 aliphatic heterocycles. The van der Waals surface area contributed by atoms with Crippen molar-refractivity contribution in [1.29, 1.82) is 0 Å². The molecular weight excluding hydrogens is 1340 g/mol. The predicted molar refractivity (Wildman–Crippen MR) is 443 cm³/mol. The molecule has 3 aliphatic rings. The van der Waals surface area contributed by atoms with Crippen LogP contribution in [0.2, 0.25) is 0 Å². The summed E-state index contributed by atoms with van der Waals surface area (Å²) >= 11 is 6.86. The zero-order chi connectivity index (χ0) is 75.5. The largest absolute Gasteiger partial charge is 0.496 e. The van der Waals surface area contributed by atoms with Crippen LogP contribution in [-0.2, 0) is 6.42 Å². The Hall–Kier alpha value is -8.80. The summed E-state index contributed by atoms with van der Waals surface area (Å²) in [5.41, 5.74) is 18.9. The highest BCUT2D eigenvalue weighted by Crippen LogP contribution is 2.24. The second-order valence-corrected chi connectivity index (χ2v) is 28.6. The van der Waals surface area contributed by atoms with Crippen molar-refractivity contribution in [2.45, 2.75) is 171 Å². The van der Waals surface area contributed by atoms with Gasteiger partial charge in [0, 0.05) is 99.1 Å². The summed E-state index contributed by atoms with van der Waals surface area (Å²) in [6.07, 6.45) is 19.6. The van der Waals surface area contributed by atoms with E-state index in [-0.39, 0.29) is 0 Å². The fourth-order valence-electron chi connectivity index (χ4n) is 8.60. The molecule has 0 N–H and O–H groups in total. The molecular formula is C86H115N9O3S4. The standard InChI is InChI=1S/C11H16N2.C8H11N.C8H10O.C8H12.C7H9NO.C7H8.C6H9N.C6H7N.C6H8S.2C5H7NS.C5H6O.C4H5NS/c1-10-5-6-11(12-9-10)13-7-3-2-4-8-13;1-3-8-6-4-5-7(2)9-8;1-7-5-3-4-6-8(7)9-2;1-6-4-5-7(2)8(6)3;1-6-3-4-7(9-2)8-5-6;1-7-5-3-2-4-6-7;1-5-3-6(2)7-4-5;1-6-4-2-3-5-7-6;1-5-3-4-7-6(5)2;2*1-4-3-7-5(2)6-4;1-5-3-2-4-6-5;1-4-5-2-3-6-4/h5-6,9H,2-4,7-8H2,1H3;4-6H,3H2,1-2H3;3-6H,1-2H3;4H,5H2,1-3H3;3-5H,1-2H3;2-6H,1H3;3H,4H2,1-2H3;2-5H,1H3;3-4H,1-2H3;2*3H,1-2H3;2-4H,1H3;2-3H,1H3. The Morgan fingerprint density at radius 3 is 1.39 bits per heavy atom. The van der Waals surface area contributed by atoms with Crippen LogP contribution in [0.15, 0.2) is 230 Å². The summed E-state index contributed by atoms with van der Waals surface area (Å²) in [7, 11) is 3.29. The maximum Gasteiger partial charge on any atom is 0.212 e. The van der Waals surface area contributed by atoms with Crippen molar-refractivity contribution in [3.63, 3.8) is 0 Å². The number of thiophene rings is 1. The minimum absolute atomic E-state index is 0.667. The van der Waals surface area contributed by atoms with Gasteiger partial charge in [0.25, 0.3) is 0 Å². The molecule has 12 nitrogen and oxygen atoms in total. The Balaban J connectivity index is 0.000000378. The van der Waals surface area contributed by atoms with Crippen molar-refractivity contribution in [1.82, 2.24) is 34.9 Å². The molecule has 0 atom stereocenters. The van der Waals surface area contributed by atoms with Crippen molar-refractivity contribution in [3.05, 3.63) is 302 Å². The fraction of sp³-hybridized carbons (Fsp3) is 0.349. The molecule has 1 saturated heterocycles. The number of aromatic nitrogens is 7. The zero-order valence-corrected chi connectivity index (χ0v) is 68.4. The Bertz CT molecular complexity index is 3850. The van der Waals surface area contributed by atoms with E-state index in [2.05, 4.69) is 166 Å². The first kappa shape index (κ1) is 89.3. The molecule has 14 rings (SSSR count). The Morgan fingerprint density at radius 2 is 1.11 bits per heavy atom. The lowest BCUT2D eigenvalue weighted by Gasteiger charge is -2.27. The van der Waals surface area contributed by atoms with Crippen molar-refractivity contribution >= 4 is 56.9 Å². The highest BCUT2D eigenvalue weighted by Gasteiger charge is 2.11. The molecule has 0 amide bonds. The maximum absolute atomic E-state index is 5.04. The third-order valence-electron chi connectivity index (χ3n) is 14.8. The van der Waals surface area contributed by atoms with E-state index in [0.717, 1.165) is 79.4 Å². The van der Waals surface area contributed by atoms with E-state index in [1.807, 2.05) is 191 Å². The minimum atomic E-state index is 0.667. The number of allylic oxidation sites excluding steroid dienone is 5. The van der Waals surface area contributed by atoms with Crippen LogP contribution in [0.1, 0.15) is 149 Å². The summed E-state index contributed by atoms with van der Waals surface area (Å²) < 4.78 is 14.7. The summed E-state index contributed by atoms with van der Waals surface area (Å²) in [6.45, 7) is 44.4. The van der Waals surface area contributed by atoms with Gasteiger partial charge < -0.3 is 18.8 Å². The third-order valence-corrected chi connectivity index (χ3v) is 18.3. The first-order chi connectivity index (χ1) is 48.8. The van der Waals surface area contributed by atoms with E-state index in [1.165, 1.54) is 93.9 Å². The Kier molecular flexibility index (Phi) is 47.2. The molecule has 16 heteroatoms. The number of furan rings is 1. The van der Waals surface area contributed by atoms with Gasteiger partial charge in [0.05, 0.1) is 42.1 Å². The fourth-order valence-corrected chi connectivity index (χ4v) is 11.0. The number of pyridine rings is 4. The van der Waals surface area contributed by atoms with Gasteiger partial charge in [0.1, 0.15) is 17.3 Å². The van der Waals surface area contributed by atoms with Gasteiger partial charge in [-0.25, -0.2) is 19.9 Å². The van der Waals surface area contributed by atoms with E-state index >= 15 is 0 Å². The SMILES string of the molecule is CC1=CC(C)=NC1.CC1=CCC(C)=C1C.CCc1cccc(C)n1.COc1ccc(C)cn1.COc1ccccc1C.Cc1ccc(N2CCCCC2)nc1.Cc1ccccc1.Cc1ccccn1.Cc1ccco1.Cc1ccsc1C.Cc1csc(C)n1.Cc1csc(C)n1.Cc1nccs1. The molecule has 0 unspecified atom stereocenters. The lowest BCUT2D eigenvalue weighted by atomic mass is 10.1. The van der Waals surface area contributed by atoms with Crippen molar-refractivity contribution in [2.24, 2.45) is 4.99 Å². The summed E-state index contributed by atoms with van der Waals surface area (Å²) in [4.78, 5) is 36.8. The van der Waals surface area contributed by atoms with Crippen LogP contribution in [-0.4, -0.2) is 74.5 Å². The number of benzene rings is 2. The number of aliphatic imine (C=N–C) groups is 1. The number of aryl methyl sites for hydroxylation is 15. The number of nitrogens with zero attached hydrogens (tertiary/aromatic N) is 9. The lowest BCUT2D eigenvalue weighted by molar-refractivity contribution is 0.397. The quantitative estimate of drug-likeness (QED) is 0.166. The van der Waals surface area contributed by atoms with E-state index in [9.17, 15) is 0 Å². The van der Waals surface area contributed by atoms with Gasteiger partial charge in [0.15, 0.2) is 0 Å². The molecule has 1 fully saturated rings. The van der Waals surface area contributed by atoms with Crippen LogP contribution in [0.5, 0.6) is 11.6 Å². The smallest absolute Gasteiger partial charge is 0.212 e. The number of methoxy groups -OCH3 is 2. The second-order valence-electron chi connectivity index (χ2n) is 24.2. The number of hydrogen-bond donors (Lipinski definition) is 0. The van der Waals surface area contributed by atoms with E-state index in [0.29, 0.717) is 5.88 Å². The van der Waals surface area contributed by atoms with Crippen LogP contribution in [0.25, 0.3) is 0 Å². The topological polar surface area (TPSA) is 137 Å². The van der Waals surface area contributed by atoms with Gasteiger partial charge in [-0.05, 0) is 258 Å². The average Bonchev–Trinajstić information content (AvgIpc) is 1.94. The van der Waals surface area contributed by atoms with Gasteiger partial charge in [-0.2, -0.15) is 0 Å². The summed E-state index contributed by atoms with van der Waals surface area (Å²) in [6, 6.07) is 44.2. The van der Waals surface area contributed by atoms with E-state index in [1.54, 1.807) is 84.4 Å². The van der Waals surface area contributed by atoms with Gasteiger partial charge in [-0.1, -0.05) is 108 Å². The summed E-state index contributed by atoms with van der Waals surface area (Å²) in [5, 5.41) is 11.6. The molecule has 11 heterocycles. The van der Waals surface area contributed by atoms with Crippen molar-refractivity contribution in [2.75, 3.05) is 38.8 Å². The molecule has 11 aromatic rings. The maximum atomic E-state index is 5.04. The van der Waals surface area contributed by atoms with E-state index in [4.69, 9.17) is 13.9 Å². The number of rotatable bonds is 4. The number of anilines is 1. The normalized spacial score (nSPS) is 11.7. The lowest BCUT2D eigenvalue weighted by Crippen LogP contribution is -2.29. The van der Waals surface area contributed by atoms with Crippen LogP contribution in [0, 0.1) is 96.9 Å². The van der Waals surface area contributed by atoms with Crippen LogP contribution in [0.3, 0.4) is 0 Å². The zero-order valence-electron chi connectivity index (χ0n) is 65.1. The second kappa shape index (κ2) is 54.0. The molecule has 9 aromatic heterocycles. The van der Waals surface area contributed by atoms with Crippen molar-refractivity contribution < 1.29 is 13.9 Å². The average molecular weight is 1450 g/mol. The Morgan fingerprint density at radius 1 is 0.480 bits per heavy atom. The number of thiazole rings is 3. The molecule has 0 saturated carbocycles. The third kappa shape index (κ3) is 43.8. The number of ether oxygens (including phenoxy) is 2. The highest BCUT2D eigenvalue weighted by atomic mass is 32.1. The van der Waals surface area contributed by atoms with Gasteiger partial charge in [0.2, 0.25) is 5.88 Å². The summed E-state index contributed by atoms with van der Waals surface area (Å²) in [5.74, 6) is 3.73. The molecule has 102 heavy (non-hydrogen) atoms. The number of piperidine rings is 1. The molecule has 1 aliphatic carbocycles. The van der Waals surface area contributed by atoms with Gasteiger partial charge in [-0.15, -0.1) is 45.3 Å². The molecule has 0 spiro atoms. The number of para-hydroxylation sites is 1. The first-order valence-electron chi connectivity index (χ1n) is 34.5. The predicted octanol–water partition coefficient (Wildman–Crippen LogP) is 24.1. The Labute approximate surface area is 629 Å². The monoisotopic (exact) mass is 1450 g/mol. The van der Waals surface area contributed by atoms with Crippen molar-refractivity contribution in [3.8, 4) is 11.6 Å². The molecule has 0 radical (unpaired) electrons. The van der Waals surface area contributed by atoms with Gasteiger partial charge in [-0.3, -0.25) is 19.9 Å². The van der Waals surface area contributed by atoms with Gasteiger partial charge >= 0.3 is 0 Å².